The zero-order valence-electron chi connectivity index (χ0n) is 21.8. The van der Waals surface area contributed by atoms with E-state index in [1.54, 1.807) is 6.33 Å². The van der Waals surface area contributed by atoms with Gasteiger partial charge in [-0.15, -0.1) is 0 Å². The van der Waals surface area contributed by atoms with Crippen molar-refractivity contribution < 1.29 is 0 Å². The molecule has 0 spiro atoms. The Balaban J connectivity index is 1.12. The van der Waals surface area contributed by atoms with E-state index in [1.165, 1.54) is 18.4 Å². The molecular weight excluding hydrogens is 462 g/mol. The number of H-pyrrole nitrogens is 1. The number of nitrogens with one attached hydrogen (secondary N) is 3. The second kappa shape index (κ2) is 9.72. The summed E-state index contributed by atoms with van der Waals surface area (Å²) in [5, 5.41) is 6.79. The third kappa shape index (κ3) is 5.73. The van der Waals surface area contributed by atoms with Gasteiger partial charge in [0.2, 0.25) is 5.95 Å². The van der Waals surface area contributed by atoms with Crippen LogP contribution in [-0.4, -0.2) is 72.5 Å². The number of benzene rings is 1. The van der Waals surface area contributed by atoms with Crippen molar-refractivity contribution in [2.75, 3.05) is 36.8 Å². The topological polar surface area (TPSA) is 97.9 Å². The second-order valence-electron chi connectivity index (χ2n) is 11.1. The molecule has 1 saturated heterocycles. The van der Waals surface area contributed by atoms with Crippen molar-refractivity contribution in [3.63, 3.8) is 0 Å². The number of nitrogens with zero attached hydrogens (tertiary/aromatic N) is 6. The maximum atomic E-state index is 4.72. The molecule has 192 valence electrons. The van der Waals surface area contributed by atoms with Crippen LogP contribution in [0.1, 0.15) is 39.2 Å². The fraction of sp³-hybridized carbons (Fsp3) is 0.429. The van der Waals surface area contributed by atoms with Gasteiger partial charge in [-0.3, -0.25) is 9.80 Å². The number of pyridine rings is 1. The molecule has 1 aliphatic carbocycles. The molecule has 0 atom stereocenters. The fourth-order valence-corrected chi connectivity index (χ4v) is 4.86. The predicted octanol–water partition coefficient (Wildman–Crippen LogP) is 4.65. The lowest BCUT2D eigenvalue weighted by molar-refractivity contribution is 0.0591. The summed E-state index contributed by atoms with van der Waals surface area (Å²) >= 11 is 0. The van der Waals surface area contributed by atoms with E-state index in [1.807, 2.05) is 18.3 Å². The van der Waals surface area contributed by atoms with Gasteiger partial charge >= 0.3 is 0 Å². The Morgan fingerprint density at radius 2 is 1.78 bits per heavy atom. The van der Waals surface area contributed by atoms with Crippen LogP contribution in [-0.2, 0) is 6.54 Å². The Kier molecular flexibility index (Phi) is 6.26. The first-order valence-corrected chi connectivity index (χ1v) is 13.2. The highest BCUT2D eigenvalue weighted by Gasteiger charge is 2.25. The Labute approximate surface area is 217 Å². The third-order valence-electron chi connectivity index (χ3n) is 7.17. The molecule has 1 aliphatic heterocycles. The number of piperazine rings is 1. The maximum Gasteiger partial charge on any atom is 0.206 e. The van der Waals surface area contributed by atoms with Crippen LogP contribution >= 0.6 is 0 Å². The number of rotatable bonds is 7. The molecular formula is C28H35N9. The third-order valence-corrected chi connectivity index (χ3v) is 7.17. The fourth-order valence-electron chi connectivity index (χ4n) is 4.86. The average molecular weight is 498 g/mol. The summed E-state index contributed by atoms with van der Waals surface area (Å²) in [5.41, 5.74) is 5.24. The van der Waals surface area contributed by atoms with E-state index >= 15 is 0 Å². The van der Waals surface area contributed by atoms with Gasteiger partial charge in [0.05, 0.1) is 16.7 Å². The molecule has 9 heteroatoms. The van der Waals surface area contributed by atoms with E-state index in [0.717, 1.165) is 66.7 Å². The first-order valence-electron chi connectivity index (χ1n) is 13.2. The van der Waals surface area contributed by atoms with E-state index in [0.29, 0.717) is 12.0 Å². The van der Waals surface area contributed by atoms with Crippen LogP contribution in [0.4, 0.5) is 17.6 Å². The van der Waals surface area contributed by atoms with Crippen molar-refractivity contribution in [1.29, 1.82) is 0 Å². The number of aromatic nitrogens is 5. The van der Waals surface area contributed by atoms with Crippen LogP contribution in [0.15, 0.2) is 48.9 Å². The van der Waals surface area contributed by atoms with Crippen LogP contribution in [0.5, 0.6) is 0 Å². The number of aromatic amines is 1. The minimum absolute atomic E-state index is 0.234. The molecule has 3 aromatic heterocycles. The molecule has 2 aliphatic rings. The van der Waals surface area contributed by atoms with Crippen LogP contribution in [0.3, 0.4) is 0 Å². The Hall–Kier alpha value is -3.56. The SMILES string of the molecule is CC(C)(C)N1CCN(Cc2ccnc(Nc3nc4ccc(-c5cc(NC6CC6)ncn5)cc4[nH]3)c2)CC1. The number of hydrogen-bond acceptors (Lipinski definition) is 8. The summed E-state index contributed by atoms with van der Waals surface area (Å²) < 4.78 is 0. The van der Waals surface area contributed by atoms with Gasteiger partial charge < -0.3 is 15.6 Å². The first-order chi connectivity index (χ1) is 17.9. The minimum Gasteiger partial charge on any atom is -0.367 e. The molecule has 37 heavy (non-hydrogen) atoms. The Bertz CT molecular complexity index is 1380. The lowest BCUT2D eigenvalue weighted by Crippen LogP contribution is -2.53. The smallest absolute Gasteiger partial charge is 0.206 e. The van der Waals surface area contributed by atoms with E-state index in [4.69, 9.17) is 4.98 Å². The summed E-state index contributed by atoms with van der Waals surface area (Å²) in [6.45, 7) is 12.2. The normalized spacial score (nSPS) is 17.3. The summed E-state index contributed by atoms with van der Waals surface area (Å²) in [6, 6.07) is 12.9. The largest absolute Gasteiger partial charge is 0.367 e. The highest BCUT2D eigenvalue weighted by Crippen LogP contribution is 2.27. The monoisotopic (exact) mass is 497 g/mol. The van der Waals surface area contributed by atoms with Crippen molar-refractivity contribution >= 4 is 28.6 Å². The minimum atomic E-state index is 0.234. The molecule has 1 aromatic carbocycles. The Morgan fingerprint density at radius 3 is 2.57 bits per heavy atom. The van der Waals surface area contributed by atoms with Crippen molar-refractivity contribution in [3.05, 3.63) is 54.5 Å². The van der Waals surface area contributed by atoms with Crippen molar-refractivity contribution in [2.45, 2.75) is 51.7 Å². The zero-order chi connectivity index (χ0) is 25.4. The number of fused-ring (bicyclic) bond motifs is 1. The van der Waals surface area contributed by atoms with Crippen LogP contribution < -0.4 is 10.6 Å². The van der Waals surface area contributed by atoms with Gasteiger partial charge in [0.15, 0.2) is 0 Å². The number of imidazole rings is 1. The highest BCUT2D eigenvalue weighted by molar-refractivity contribution is 5.83. The van der Waals surface area contributed by atoms with Gasteiger partial charge in [0, 0.05) is 62.1 Å². The molecule has 0 bridgehead atoms. The number of anilines is 3. The zero-order valence-corrected chi connectivity index (χ0v) is 21.8. The summed E-state index contributed by atoms with van der Waals surface area (Å²) in [7, 11) is 0. The molecule has 4 heterocycles. The first kappa shape index (κ1) is 23.8. The average Bonchev–Trinajstić information content (AvgIpc) is 3.60. The summed E-state index contributed by atoms with van der Waals surface area (Å²) in [6.07, 6.45) is 5.91. The van der Waals surface area contributed by atoms with Gasteiger partial charge in [-0.2, -0.15) is 0 Å². The molecule has 1 saturated carbocycles. The summed E-state index contributed by atoms with van der Waals surface area (Å²) in [4.78, 5) is 26.5. The van der Waals surface area contributed by atoms with E-state index < -0.39 is 0 Å². The second-order valence-corrected chi connectivity index (χ2v) is 11.1. The van der Waals surface area contributed by atoms with Gasteiger partial charge in [-0.05, 0) is 63.4 Å². The standard InChI is InChI=1S/C28H35N9/c1-28(2,3)37-12-10-36(11-13-37)17-19-8-9-29-25(14-19)35-27-33-22-7-4-20(15-24(22)34-27)23-16-26(31-18-30-23)32-21-5-6-21/h4,7-9,14-16,18,21H,5-6,10-13,17H2,1-3H3,(H,30,31,32)(H2,29,33,34,35). The molecule has 9 nitrogen and oxygen atoms in total. The van der Waals surface area contributed by atoms with Gasteiger partial charge in [0.1, 0.15) is 18.0 Å². The Morgan fingerprint density at radius 1 is 0.946 bits per heavy atom. The van der Waals surface area contributed by atoms with E-state index in [9.17, 15) is 0 Å². The lowest BCUT2D eigenvalue weighted by Gasteiger charge is -2.42. The molecule has 3 N–H and O–H groups in total. The quantitative estimate of drug-likeness (QED) is 0.340. The van der Waals surface area contributed by atoms with Gasteiger partial charge in [-0.25, -0.2) is 19.9 Å². The van der Waals surface area contributed by atoms with Crippen molar-refractivity contribution in [2.24, 2.45) is 0 Å². The molecule has 2 fully saturated rings. The van der Waals surface area contributed by atoms with Crippen LogP contribution in [0.2, 0.25) is 0 Å². The molecule has 6 rings (SSSR count). The molecule has 4 aromatic rings. The summed E-state index contributed by atoms with van der Waals surface area (Å²) in [5.74, 6) is 2.34. The van der Waals surface area contributed by atoms with Crippen LogP contribution in [0, 0.1) is 0 Å². The molecule has 0 amide bonds. The van der Waals surface area contributed by atoms with Gasteiger partial charge in [0.25, 0.3) is 0 Å². The molecule has 0 radical (unpaired) electrons. The lowest BCUT2D eigenvalue weighted by atomic mass is 10.0. The maximum absolute atomic E-state index is 4.72. The van der Waals surface area contributed by atoms with Gasteiger partial charge in [-0.1, -0.05) is 6.07 Å². The van der Waals surface area contributed by atoms with E-state index in [2.05, 4.69) is 85.4 Å². The van der Waals surface area contributed by atoms with Crippen molar-refractivity contribution in [3.8, 4) is 11.3 Å². The molecule has 0 unspecified atom stereocenters. The predicted molar refractivity (Wildman–Crippen MR) is 148 cm³/mol. The van der Waals surface area contributed by atoms with Crippen molar-refractivity contribution in [1.82, 2.24) is 34.7 Å². The highest BCUT2D eigenvalue weighted by atomic mass is 15.3. The van der Waals surface area contributed by atoms with Crippen LogP contribution in [0.25, 0.3) is 22.3 Å². The van der Waals surface area contributed by atoms with E-state index in [-0.39, 0.29) is 5.54 Å². The number of hydrogen-bond donors (Lipinski definition) is 3.